The lowest BCUT2D eigenvalue weighted by molar-refractivity contribution is 0.104. The third-order valence-corrected chi connectivity index (χ3v) is 5.08. The van der Waals surface area contributed by atoms with Crippen molar-refractivity contribution in [1.82, 2.24) is 0 Å². The van der Waals surface area contributed by atoms with Gasteiger partial charge in [-0.3, -0.25) is 9.59 Å². The van der Waals surface area contributed by atoms with Crippen LogP contribution in [0.1, 0.15) is 15.9 Å². The van der Waals surface area contributed by atoms with Crippen LogP contribution < -0.4 is 4.74 Å². The lowest BCUT2D eigenvalue weighted by Gasteiger charge is -2.01. The van der Waals surface area contributed by atoms with Crippen LogP contribution in [0.15, 0.2) is 69.9 Å². The summed E-state index contributed by atoms with van der Waals surface area (Å²) in [6, 6.07) is 16.4. The van der Waals surface area contributed by atoms with Crippen LogP contribution in [0.25, 0.3) is 15.1 Å². The molecule has 0 spiro atoms. The van der Waals surface area contributed by atoms with Crippen molar-refractivity contribution in [3.63, 3.8) is 0 Å². The van der Waals surface area contributed by atoms with Crippen LogP contribution in [0.4, 0.5) is 0 Å². The van der Waals surface area contributed by atoms with E-state index in [0.29, 0.717) is 5.03 Å². The SMILES string of the molecule is O=C(C=C(Cl)c1ccccc1)c1cc2cc(Br)ccc2sc1=O. The minimum atomic E-state index is -0.387. The highest BCUT2D eigenvalue weighted by Gasteiger charge is 2.12. The van der Waals surface area contributed by atoms with Crippen LogP contribution in [-0.2, 0) is 0 Å². The Labute approximate surface area is 150 Å². The van der Waals surface area contributed by atoms with E-state index in [4.69, 9.17) is 11.6 Å². The Morgan fingerprint density at radius 3 is 2.57 bits per heavy atom. The number of halogens is 2. The summed E-state index contributed by atoms with van der Waals surface area (Å²) in [4.78, 5) is 24.6. The molecule has 0 N–H and O–H groups in total. The summed E-state index contributed by atoms with van der Waals surface area (Å²) >= 11 is 10.6. The predicted molar refractivity (Wildman–Crippen MR) is 100 cm³/mol. The number of fused-ring (bicyclic) bond motifs is 1. The molecule has 114 valence electrons. The number of allylic oxidation sites excluding steroid dienone is 1. The number of rotatable bonds is 3. The van der Waals surface area contributed by atoms with Crippen molar-refractivity contribution in [2.45, 2.75) is 0 Å². The third kappa shape index (κ3) is 3.61. The maximum Gasteiger partial charge on any atom is 0.244 e. The maximum atomic E-state index is 12.4. The molecule has 0 saturated carbocycles. The monoisotopic (exact) mass is 404 g/mol. The van der Waals surface area contributed by atoms with Gasteiger partial charge in [-0.1, -0.05) is 69.2 Å². The van der Waals surface area contributed by atoms with Crippen LogP contribution in [-0.4, -0.2) is 5.78 Å². The molecular weight excluding hydrogens is 396 g/mol. The van der Waals surface area contributed by atoms with Gasteiger partial charge in [0.2, 0.25) is 4.74 Å². The number of carbonyl (C=O) groups is 1. The standard InChI is InChI=1S/C18H10BrClO2S/c19-13-6-7-17-12(8-13)9-14(18(22)23-17)16(21)10-15(20)11-4-2-1-3-5-11/h1-10H. The summed E-state index contributed by atoms with van der Waals surface area (Å²) in [6.07, 6.45) is 1.30. The minimum absolute atomic E-state index is 0.134. The zero-order chi connectivity index (χ0) is 16.4. The van der Waals surface area contributed by atoms with Crippen molar-refractivity contribution in [3.8, 4) is 0 Å². The number of carbonyl (C=O) groups excluding carboxylic acids is 1. The molecule has 3 aromatic rings. The van der Waals surface area contributed by atoms with Crippen molar-refractivity contribution in [2.24, 2.45) is 0 Å². The second-order valence-corrected chi connectivity index (χ2v) is 7.19. The molecule has 0 bridgehead atoms. The van der Waals surface area contributed by atoms with Gasteiger partial charge in [0.15, 0.2) is 5.78 Å². The van der Waals surface area contributed by atoms with Gasteiger partial charge in [-0.25, -0.2) is 0 Å². The summed E-state index contributed by atoms with van der Waals surface area (Å²) in [5.41, 5.74) is 0.872. The van der Waals surface area contributed by atoms with E-state index in [1.54, 1.807) is 6.07 Å². The smallest absolute Gasteiger partial charge is 0.244 e. The molecule has 2 nitrogen and oxygen atoms in total. The zero-order valence-corrected chi connectivity index (χ0v) is 14.9. The number of benzene rings is 2. The molecule has 2 aromatic carbocycles. The molecular formula is C18H10BrClO2S. The van der Waals surface area contributed by atoms with Crippen LogP contribution in [0.3, 0.4) is 0 Å². The predicted octanol–water partition coefficient (Wildman–Crippen LogP) is 5.49. The van der Waals surface area contributed by atoms with Gasteiger partial charge in [0.05, 0.1) is 10.6 Å². The molecule has 1 aromatic heterocycles. The molecule has 1 heterocycles. The lowest BCUT2D eigenvalue weighted by atomic mass is 10.1. The van der Waals surface area contributed by atoms with Gasteiger partial charge in [0.25, 0.3) is 0 Å². The topological polar surface area (TPSA) is 34.1 Å². The van der Waals surface area contributed by atoms with Crippen molar-refractivity contribution in [3.05, 3.63) is 85.8 Å². The first-order valence-electron chi connectivity index (χ1n) is 6.75. The molecule has 0 aliphatic heterocycles. The average molecular weight is 406 g/mol. The Balaban J connectivity index is 2.04. The fraction of sp³-hybridized carbons (Fsp3) is 0. The summed E-state index contributed by atoms with van der Waals surface area (Å²) in [5, 5.41) is 1.16. The second kappa shape index (κ2) is 6.79. The fourth-order valence-corrected chi connectivity index (χ4v) is 3.58. The van der Waals surface area contributed by atoms with Gasteiger partial charge in [-0.05, 0) is 35.2 Å². The Bertz CT molecular complexity index is 977. The highest BCUT2D eigenvalue weighted by Crippen LogP contribution is 2.23. The maximum absolute atomic E-state index is 12.4. The summed E-state index contributed by atoms with van der Waals surface area (Å²) < 4.78 is 1.47. The van der Waals surface area contributed by atoms with E-state index in [-0.39, 0.29) is 16.1 Å². The van der Waals surface area contributed by atoms with Crippen molar-refractivity contribution >= 4 is 59.8 Å². The molecule has 23 heavy (non-hydrogen) atoms. The van der Waals surface area contributed by atoms with E-state index in [1.807, 2.05) is 48.5 Å². The molecule has 0 radical (unpaired) electrons. The Morgan fingerprint density at radius 1 is 1.09 bits per heavy atom. The average Bonchev–Trinajstić information content (AvgIpc) is 2.55. The quantitative estimate of drug-likeness (QED) is 0.427. The summed E-state index contributed by atoms with van der Waals surface area (Å²) in [6.45, 7) is 0. The van der Waals surface area contributed by atoms with Gasteiger partial charge in [0.1, 0.15) is 0 Å². The van der Waals surface area contributed by atoms with E-state index in [9.17, 15) is 9.59 Å². The van der Waals surface area contributed by atoms with E-state index >= 15 is 0 Å². The molecule has 0 unspecified atom stereocenters. The normalized spacial score (nSPS) is 11.7. The molecule has 0 fully saturated rings. The molecule has 3 rings (SSSR count). The molecule has 0 atom stereocenters. The molecule has 0 amide bonds. The number of hydrogen-bond donors (Lipinski definition) is 0. The molecule has 0 aliphatic carbocycles. The number of ketones is 1. The Morgan fingerprint density at radius 2 is 1.83 bits per heavy atom. The van der Waals surface area contributed by atoms with Gasteiger partial charge in [-0.15, -0.1) is 0 Å². The third-order valence-electron chi connectivity index (χ3n) is 3.27. The van der Waals surface area contributed by atoms with Crippen molar-refractivity contribution < 1.29 is 4.79 Å². The summed E-state index contributed by atoms with van der Waals surface area (Å²) in [5.74, 6) is -0.387. The first kappa shape index (κ1) is 16.1. The van der Waals surface area contributed by atoms with Gasteiger partial charge >= 0.3 is 0 Å². The zero-order valence-electron chi connectivity index (χ0n) is 11.8. The van der Waals surface area contributed by atoms with Crippen LogP contribution >= 0.6 is 38.9 Å². The fourth-order valence-electron chi connectivity index (χ4n) is 2.14. The minimum Gasteiger partial charge on any atom is -0.289 e. The van der Waals surface area contributed by atoms with E-state index in [0.717, 1.165) is 31.5 Å². The van der Waals surface area contributed by atoms with Crippen LogP contribution in [0.2, 0.25) is 0 Å². The molecule has 5 heteroatoms. The second-order valence-electron chi connectivity index (χ2n) is 4.85. The van der Waals surface area contributed by atoms with Gasteiger partial charge < -0.3 is 0 Å². The van der Waals surface area contributed by atoms with Gasteiger partial charge in [0, 0.05) is 15.2 Å². The Hall–Kier alpha value is -1.75. The van der Waals surface area contributed by atoms with Crippen molar-refractivity contribution in [1.29, 1.82) is 0 Å². The van der Waals surface area contributed by atoms with E-state index in [1.165, 1.54) is 6.08 Å². The molecule has 0 saturated heterocycles. The van der Waals surface area contributed by atoms with E-state index < -0.39 is 0 Å². The van der Waals surface area contributed by atoms with E-state index in [2.05, 4.69) is 15.9 Å². The highest BCUT2D eigenvalue weighted by atomic mass is 79.9. The van der Waals surface area contributed by atoms with Gasteiger partial charge in [-0.2, -0.15) is 0 Å². The Kier molecular flexibility index (Phi) is 4.76. The lowest BCUT2D eigenvalue weighted by Crippen LogP contribution is -2.09. The van der Waals surface area contributed by atoms with Crippen molar-refractivity contribution in [2.75, 3.05) is 0 Å². The summed E-state index contributed by atoms with van der Waals surface area (Å²) in [7, 11) is 0. The number of hydrogen-bond acceptors (Lipinski definition) is 3. The van der Waals surface area contributed by atoms with Crippen LogP contribution in [0.5, 0.6) is 0 Å². The largest absolute Gasteiger partial charge is 0.289 e. The highest BCUT2D eigenvalue weighted by molar-refractivity contribution is 9.10. The first-order valence-corrected chi connectivity index (χ1v) is 8.74. The first-order chi connectivity index (χ1) is 11.0. The molecule has 0 aliphatic rings. The van der Waals surface area contributed by atoms with Crippen LogP contribution in [0, 0.1) is 0 Å².